The molecule has 2 aromatic rings. The number of hydrogen-bond acceptors (Lipinski definition) is 4. The summed E-state index contributed by atoms with van der Waals surface area (Å²) in [7, 11) is 0. The molecule has 2 N–H and O–H groups in total. The van der Waals surface area contributed by atoms with Gasteiger partial charge in [0.2, 0.25) is 0 Å². The highest BCUT2D eigenvalue weighted by molar-refractivity contribution is 7.98. The first kappa shape index (κ1) is 13.7. The van der Waals surface area contributed by atoms with Crippen molar-refractivity contribution < 1.29 is 9.13 Å². The largest absolute Gasteiger partial charge is 0.494 e. The highest BCUT2D eigenvalue weighted by Gasteiger charge is 2.04. The van der Waals surface area contributed by atoms with Gasteiger partial charge < -0.3 is 10.5 Å². The zero-order valence-electron chi connectivity index (χ0n) is 10.6. The minimum absolute atomic E-state index is 0.325. The molecule has 0 aliphatic heterocycles. The molecule has 0 atom stereocenters. The number of benzene rings is 1. The highest BCUT2D eigenvalue weighted by atomic mass is 32.2. The molecular weight excluding hydrogens is 263 g/mol. The van der Waals surface area contributed by atoms with E-state index >= 15 is 0 Å². The Bertz CT molecular complexity index is 563. The van der Waals surface area contributed by atoms with Crippen molar-refractivity contribution in [2.24, 2.45) is 0 Å². The first-order valence-electron chi connectivity index (χ1n) is 5.93. The topological polar surface area (TPSA) is 48.1 Å². The molecule has 0 aliphatic rings. The summed E-state index contributed by atoms with van der Waals surface area (Å²) < 4.78 is 18.5. The first-order chi connectivity index (χ1) is 9.19. The van der Waals surface area contributed by atoms with Crippen molar-refractivity contribution >= 4 is 17.4 Å². The van der Waals surface area contributed by atoms with Crippen LogP contribution in [0.2, 0.25) is 0 Å². The van der Waals surface area contributed by atoms with Crippen molar-refractivity contribution in [3.8, 4) is 5.75 Å². The second kappa shape index (κ2) is 6.43. The van der Waals surface area contributed by atoms with Gasteiger partial charge in [-0.15, -0.1) is 11.8 Å². The number of nitrogen functional groups attached to an aromatic ring is 1. The molecule has 2 rings (SSSR count). The molecule has 0 saturated carbocycles. The van der Waals surface area contributed by atoms with Crippen LogP contribution < -0.4 is 10.5 Å². The number of halogens is 1. The predicted molar refractivity (Wildman–Crippen MR) is 75.8 cm³/mol. The molecule has 0 aliphatic carbocycles. The van der Waals surface area contributed by atoms with Gasteiger partial charge in [-0.25, -0.2) is 4.39 Å². The summed E-state index contributed by atoms with van der Waals surface area (Å²) in [6.07, 6.45) is 2.84. The van der Waals surface area contributed by atoms with Gasteiger partial charge in [0.25, 0.3) is 0 Å². The number of hydrogen-bond donors (Lipinski definition) is 1. The second-order valence-electron chi connectivity index (χ2n) is 3.93. The van der Waals surface area contributed by atoms with E-state index in [4.69, 9.17) is 10.5 Å². The maximum absolute atomic E-state index is 13.0. The minimum atomic E-state index is -0.325. The third-order valence-electron chi connectivity index (χ3n) is 2.45. The lowest BCUT2D eigenvalue weighted by molar-refractivity contribution is 0.339. The molecule has 0 fully saturated rings. The number of nitrogens with zero attached hydrogens (tertiary/aromatic N) is 1. The zero-order valence-corrected chi connectivity index (χ0v) is 11.4. The molecule has 0 bridgehead atoms. The van der Waals surface area contributed by atoms with Crippen LogP contribution >= 0.6 is 11.8 Å². The fraction of sp³-hybridized carbons (Fsp3) is 0.214. The van der Waals surface area contributed by atoms with Crippen molar-refractivity contribution in [2.75, 3.05) is 12.3 Å². The monoisotopic (exact) mass is 278 g/mol. The van der Waals surface area contributed by atoms with Gasteiger partial charge in [0.05, 0.1) is 12.8 Å². The number of ether oxygens (including phenoxy) is 1. The lowest BCUT2D eigenvalue weighted by Crippen LogP contribution is -1.94. The van der Waals surface area contributed by atoms with Crippen molar-refractivity contribution in [2.45, 2.75) is 17.6 Å². The van der Waals surface area contributed by atoms with Gasteiger partial charge in [0.1, 0.15) is 11.6 Å². The van der Waals surface area contributed by atoms with E-state index < -0.39 is 0 Å². The normalized spacial score (nSPS) is 10.4. The van der Waals surface area contributed by atoms with Crippen LogP contribution in [0.5, 0.6) is 5.75 Å². The van der Waals surface area contributed by atoms with E-state index in [1.807, 2.05) is 25.1 Å². The maximum atomic E-state index is 13.0. The predicted octanol–water partition coefficient (Wildman–Crippen LogP) is 3.49. The lowest BCUT2D eigenvalue weighted by atomic mass is 10.3. The Kier molecular flexibility index (Phi) is 4.63. The Morgan fingerprint density at radius 3 is 2.89 bits per heavy atom. The Balaban J connectivity index is 2.08. The number of anilines is 1. The molecule has 3 nitrogen and oxygen atoms in total. The summed E-state index contributed by atoms with van der Waals surface area (Å²) in [5.74, 6) is 1.08. The summed E-state index contributed by atoms with van der Waals surface area (Å²) in [5, 5.41) is 0. The van der Waals surface area contributed by atoms with Crippen molar-refractivity contribution in [1.82, 2.24) is 4.98 Å². The Labute approximate surface area is 116 Å². The van der Waals surface area contributed by atoms with Gasteiger partial charge in [-0.3, -0.25) is 4.98 Å². The van der Waals surface area contributed by atoms with Crippen LogP contribution in [0.15, 0.2) is 41.6 Å². The number of nitrogens with two attached hydrogens (primary N) is 1. The van der Waals surface area contributed by atoms with Crippen LogP contribution in [0, 0.1) is 5.82 Å². The molecule has 100 valence electrons. The summed E-state index contributed by atoms with van der Waals surface area (Å²) in [6.45, 7) is 2.55. The van der Waals surface area contributed by atoms with Gasteiger partial charge in [-0.2, -0.15) is 0 Å². The van der Waals surface area contributed by atoms with Gasteiger partial charge in [0, 0.05) is 22.5 Å². The molecule has 5 heteroatoms. The van der Waals surface area contributed by atoms with E-state index in [-0.39, 0.29) is 5.82 Å². The van der Waals surface area contributed by atoms with Crippen molar-refractivity contribution in [3.05, 3.63) is 48.0 Å². The molecule has 1 aromatic heterocycles. The van der Waals surface area contributed by atoms with Crippen LogP contribution in [-0.2, 0) is 5.75 Å². The summed E-state index contributed by atoms with van der Waals surface area (Å²) in [4.78, 5) is 4.75. The van der Waals surface area contributed by atoms with Gasteiger partial charge >= 0.3 is 0 Å². The van der Waals surface area contributed by atoms with Gasteiger partial charge in [0.15, 0.2) is 0 Å². The SMILES string of the molecule is CCOc1ccc(N)c(SCc2cncc(F)c2)c1. The number of aromatic nitrogens is 1. The number of rotatable bonds is 5. The van der Waals surface area contributed by atoms with Crippen LogP contribution in [-0.4, -0.2) is 11.6 Å². The standard InChI is InChI=1S/C14H15FN2OS/c1-2-18-12-3-4-13(16)14(6-12)19-9-10-5-11(15)8-17-7-10/h3-8H,2,9,16H2,1H3. The lowest BCUT2D eigenvalue weighted by Gasteiger charge is -2.09. The molecular formula is C14H15FN2OS. The summed E-state index contributed by atoms with van der Waals surface area (Å²) in [6, 6.07) is 7.03. The third-order valence-corrected chi connectivity index (χ3v) is 3.59. The number of pyridine rings is 1. The molecule has 19 heavy (non-hydrogen) atoms. The molecule has 1 heterocycles. The Morgan fingerprint density at radius 1 is 1.32 bits per heavy atom. The van der Waals surface area contributed by atoms with Crippen LogP contribution in [0.1, 0.15) is 12.5 Å². The van der Waals surface area contributed by atoms with Gasteiger partial charge in [-0.1, -0.05) is 0 Å². The maximum Gasteiger partial charge on any atom is 0.141 e. The summed E-state index contributed by atoms with van der Waals surface area (Å²) >= 11 is 1.54. The van der Waals surface area contributed by atoms with Crippen molar-refractivity contribution in [1.29, 1.82) is 0 Å². The molecule has 0 amide bonds. The van der Waals surface area contributed by atoms with E-state index in [0.717, 1.165) is 16.2 Å². The van der Waals surface area contributed by atoms with Crippen LogP contribution in [0.25, 0.3) is 0 Å². The average molecular weight is 278 g/mol. The summed E-state index contributed by atoms with van der Waals surface area (Å²) in [5.41, 5.74) is 7.43. The Hall–Kier alpha value is -1.75. The van der Waals surface area contributed by atoms with E-state index in [0.29, 0.717) is 18.0 Å². The first-order valence-corrected chi connectivity index (χ1v) is 6.92. The fourth-order valence-electron chi connectivity index (χ4n) is 1.59. The fourth-order valence-corrected chi connectivity index (χ4v) is 2.51. The quantitative estimate of drug-likeness (QED) is 0.672. The van der Waals surface area contributed by atoms with Crippen molar-refractivity contribution in [3.63, 3.8) is 0 Å². The third kappa shape index (κ3) is 3.86. The molecule has 0 spiro atoms. The van der Waals surface area contributed by atoms with Gasteiger partial charge in [-0.05, 0) is 36.8 Å². The molecule has 1 aromatic carbocycles. The highest BCUT2D eigenvalue weighted by Crippen LogP contribution is 2.31. The van der Waals surface area contributed by atoms with E-state index in [1.165, 1.54) is 24.0 Å². The Morgan fingerprint density at radius 2 is 2.16 bits per heavy atom. The molecule has 0 unspecified atom stereocenters. The molecule has 0 saturated heterocycles. The minimum Gasteiger partial charge on any atom is -0.494 e. The van der Waals surface area contributed by atoms with E-state index in [2.05, 4.69) is 4.98 Å². The second-order valence-corrected chi connectivity index (χ2v) is 4.95. The van der Waals surface area contributed by atoms with Crippen LogP contribution in [0.3, 0.4) is 0 Å². The number of thioether (sulfide) groups is 1. The average Bonchev–Trinajstić information content (AvgIpc) is 2.40. The molecule has 0 radical (unpaired) electrons. The zero-order chi connectivity index (χ0) is 13.7. The van der Waals surface area contributed by atoms with E-state index in [1.54, 1.807) is 6.20 Å². The van der Waals surface area contributed by atoms with Crippen LogP contribution in [0.4, 0.5) is 10.1 Å². The van der Waals surface area contributed by atoms with E-state index in [9.17, 15) is 4.39 Å². The smallest absolute Gasteiger partial charge is 0.141 e.